The van der Waals surface area contributed by atoms with Gasteiger partial charge in [-0.15, -0.1) is 5.10 Å². The van der Waals surface area contributed by atoms with Crippen LogP contribution in [-0.2, 0) is 19.9 Å². The van der Waals surface area contributed by atoms with E-state index in [4.69, 9.17) is 0 Å². The number of hydrogen-bond donors (Lipinski definition) is 1. The molecule has 0 aliphatic heterocycles. The zero-order chi connectivity index (χ0) is 14.4. The van der Waals surface area contributed by atoms with Gasteiger partial charge >= 0.3 is 0 Å². The topological polar surface area (TPSA) is 55.6 Å². The molecule has 0 aliphatic rings. The van der Waals surface area contributed by atoms with Crippen LogP contribution >= 0.6 is 11.5 Å². The smallest absolute Gasteiger partial charge is 0.108 e. The summed E-state index contributed by atoms with van der Waals surface area (Å²) in [6.45, 7) is 5.34. The molecule has 1 unspecified atom stereocenters. The van der Waals surface area contributed by atoms with Gasteiger partial charge in [-0.25, -0.2) is 4.98 Å². The van der Waals surface area contributed by atoms with Crippen LogP contribution in [0.25, 0.3) is 0 Å². The van der Waals surface area contributed by atoms with Crippen LogP contribution in [0.4, 0.5) is 0 Å². The largest absolute Gasteiger partial charge is 0.338 e. The maximum Gasteiger partial charge on any atom is 0.108 e. The number of rotatable bonds is 8. The molecule has 2 aromatic rings. The van der Waals surface area contributed by atoms with E-state index in [1.165, 1.54) is 16.4 Å². The summed E-state index contributed by atoms with van der Waals surface area (Å²) in [5.41, 5.74) is 1.13. The second-order valence-electron chi connectivity index (χ2n) is 4.94. The first-order chi connectivity index (χ1) is 9.76. The third kappa shape index (κ3) is 3.64. The van der Waals surface area contributed by atoms with Crippen molar-refractivity contribution in [2.45, 2.75) is 45.6 Å². The molecule has 2 heterocycles. The van der Waals surface area contributed by atoms with Crippen LogP contribution in [0.3, 0.4) is 0 Å². The lowest BCUT2D eigenvalue weighted by Crippen LogP contribution is -2.23. The summed E-state index contributed by atoms with van der Waals surface area (Å²) >= 11 is 1.52. The van der Waals surface area contributed by atoms with Gasteiger partial charge < -0.3 is 9.88 Å². The van der Waals surface area contributed by atoms with Gasteiger partial charge in [0, 0.05) is 31.9 Å². The summed E-state index contributed by atoms with van der Waals surface area (Å²) in [4.78, 5) is 5.69. The minimum absolute atomic E-state index is 0.335. The Morgan fingerprint density at radius 3 is 2.90 bits per heavy atom. The Morgan fingerprint density at radius 1 is 1.40 bits per heavy atom. The standard InChI is InChI=1S/C14H23N5S/c1-4-8-15-12(14-11(5-2)17-18-20-14)6-7-13-16-9-10-19(13)3/h9-10,12,15H,4-8H2,1-3H3. The normalized spacial score (nSPS) is 12.8. The molecule has 0 aromatic carbocycles. The average molecular weight is 293 g/mol. The number of imidazole rings is 1. The second-order valence-corrected chi connectivity index (χ2v) is 5.72. The quantitative estimate of drug-likeness (QED) is 0.812. The van der Waals surface area contributed by atoms with Crippen molar-refractivity contribution in [3.05, 3.63) is 28.8 Å². The van der Waals surface area contributed by atoms with Gasteiger partial charge in [-0.05, 0) is 37.3 Å². The molecule has 0 bridgehead atoms. The second kappa shape index (κ2) is 7.50. The zero-order valence-corrected chi connectivity index (χ0v) is 13.3. The van der Waals surface area contributed by atoms with Gasteiger partial charge in [0.05, 0.1) is 10.6 Å². The Labute approximate surface area is 124 Å². The van der Waals surface area contributed by atoms with Crippen LogP contribution in [0.15, 0.2) is 12.4 Å². The molecule has 6 heteroatoms. The van der Waals surface area contributed by atoms with E-state index in [0.717, 1.165) is 43.7 Å². The van der Waals surface area contributed by atoms with Gasteiger partial charge in [-0.1, -0.05) is 18.3 Å². The van der Waals surface area contributed by atoms with Crippen molar-refractivity contribution in [1.29, 1.82) is 0 Å². The number of hydrogen-bond acceptors (Lipinski definition) is 5. The Morgan fingerprint density at radius 2 is 2.25 bits per heavy atom. The first kappa shape index (κ1) is 15.1. The number of nitrogens with one attached hydrogen (secondary N) is 1. The number of aryl methyl sites for hydroxylation is 3. The molecule has 2 aromatic heterocycles. The Balaban J connectivity index is 2.05. The van der Waals surface area contributed by atoms with E-state index in [2.05, 4.69) is 38.3 Å². The van der Waals surface area contributed by atoms with Gasteiger partial charge in [0.15, 0.2) is 0 Å². The van der Waals surface area contributed by atoms with Crippen molar-refractivity contribution >= 4 is 11.5 Å². The van der Waals surface area contributed by atoms with Crippen molar-refractivity contribution < 1.29 is 0 Å². The first-order valence-electron chi connectivity index (χ1n) is 7.26. The molecule has 0 saturated heterocycles. The molecule has 1 atom stereocenters. The Bertz CT molecular complexity index is 519. The molecule has 0 radical (unpaired) electrons. The van der Waals surface area contributed by atoms with Crippen molar-refractivity contribution in [1.82, 2.24) is 24.5 Å². The lowest BCUT2D eigenvalue weighted by atomic mass is 10.1. The van der Waals surface area contributed by atoms with Crippen molar-refractivity contribution in [3.8, 4) is 0 Å². The highest BCUT2D eigenvalue weighted by atomic mass is 32.1. The van der Waals surface area contributed by atoms with E-state index < -0.39 is 0 Å². The highest BCUT2D eigenvalue weighted by Crippen LogP contribution is 2.25. The molecule has 0 saturated carbocycles. The monoisotopic (exact) mass is 293 g/mol. The minimum atomic E-state index is 0.335. The third-order valence-electron chi connectivity index (χ3n) is 3.45. The lowest BCUT2D eigenvalue weighted by Gasteiger charge is -2.17. The van der Waals surface area contributed by atoms with Crippen molar-refractivity contribution in [3.63, 3.8) is 0 Å². The van der Waals surface area contributed by atoms with Crippen LogP contribution in [0, 0.1) is 0 Å². The summed E-state index contributed by atoms with van der Waals surface area (Å²) in [5.74, 6) is 1.13. The third-order valence-corrected chi connectivity index (χ3v) is 4.33. The van der Waals surface area contributed by atoms with E-state index in [-0.39, 0.29) is 0 Å². The van der Waals surface area contributed by atoms with Gasteiger partial charge in [0.25, 0.3) is 0 Å². The van der Waals surface area contributed by atoms with Crippen LogP contribution in [0.1, 0.15) is 49.1 Å². The van der Waals surface area contributed by atoms with Crippen LogP contribution in [0.5, 0.6) is 0 Å². The Kier molecular flexibility index (Phi) is 5.67. The molecule has 0 spiro atoms. The molecule has 0 aliphatic carbocycles. The molecule has 5 nitrogen and oxygen atoms in total. The molecular weight excluding hydrogens is 270 g/mol. The van der Waals surface area contributed by atoms with Crippen molar-refractivity contribution in [2.75, 3.05) is 6.54 Å². The van der Waals surface area contributed by atoms with E-state index in [9.17, 15) is 0 Å². The fourth-order valence-corrected chi connectivity index (χ4v) is 3.13. The average Bonchev–Trinajstić information content (AvgIpc) is 3.08. The highest BCUT2D eigenvalue weighted by molar-refractivity contribution is 7.05. The zero-order valence-electron chi connectivity index (χ0n) is 12.5. The lowest BCUT2D eigenvalue weighted by molar-refractivity contribution is 0.494. The van der Waals surface area contributed by atoms with Crippen LogP contribution in [0.2, 0.25) is 0 Å². The maximum atomic E-state index is 4.40. The van der Waals surface area contributed by atoms with E-state index in [1.54, 1.807) is 0 Å². The molecule has 20 heavy (non-hydrogen) atoms. The molecule has 1 N–H and O–H groups in total. The fraction of sp³-hybridized carbons (Fsp3) is 0.643. The fourth-order valence-electron chi connectivity index (χ4n) is 2.28. The molecule has 2 rings (SSSR count). The SMILES string of the molecule is CCCNC(CCc1nccn1C)c1snnc1CC. The number of nitrogens with zero attached hydrogens (tertiary/aromatic N) is 4. The predicted molar refractivity (Wildman–Crippen MR) is 81.9 cm³/mol. The van der Waals surface area contributed by atoms with E-state index in [0.29, 0.717) is 6.04 Å². The van der Waals surface area contributed by atoms with E-state index >= 15 is 0 Å². The Hall–Kier alpha value is -1.27. The van der Waals surface area contributed by atoms with Gasteiger partial charge in [0.1, 0.15) is 5.82 Å². The summed E-state index contributed by atoms with van der Waals surface area (Å²) < 4.78 is 6.20. The van der Waals surface area contributed by atoms with Gasteiger partial charge in [-0.3, -0.25) is 0 Å². The molecule has 0 amide bonds. The molecule has 0 fully saturated rings. The molecule has 110 valence electrons. The van der Waals surface area contributed by atoms with Crippen LogP contribution < -0.4 is 5.32 Å². The van der Waals surface area contributed by atoms with Gasteiger partial charge in [-0.2, -0.15) is 0 Å². The maximum absolute atomic E-state index is 4.40. The molecular formula is C14H23N5S. The van der Waals surface area contributed by atoms with Crippen molar-refractivity contribution in [2.24, 2.45) is 7.05 Å². The highest BCUT2D eigenvalue weighted by Gasteiger charge is 2.18. The summed E-state index contributed by atoms with van der Waals surface area (Å²) in [6, 6.07) is 0.335. The van der Waals surface area contributed by atoms with Crippen LogP contribution in [-0.4, -0.2) is 25.7 Å². The summed E-state index contributed by atoms with van der Waals surface area (Å²) in [7, 11) is 2.04. The van der Waals surface area contributed by atoms with E-state index in [1.807, 2.05) is 19.4 Å². The summed E-state index contributed by atoms with van der Waals surface area (Å²) in [6.07, 6.45) is 7.92. The minimum Gasteiger partial charge on any atom is -0.338 e. The summed E-state index contributed by atoms with van der Waals surface area (Å²) in [5, 5.41) is 7.86. The number of aromatic nitrogens is 4. The first-order valence-corrected chi connectivity index (χ1v) is 8.04. The predicted octanol–water partition coefficient (Wildman–Crippen LogP) is 2.51. The van der Waals surface area contributed by atoms with Gasteiger partial charge in [0.2, 0.25) is 0 Å².